The number of carboxylic acids is 1. The minimum absolute atomic E-state index is 0.171. The number of carboxylic acid groups (broad SMARTS) is 1. The van der Waals surface area contributed by atoms with E-state index in [2.05, 4.69) is 6.92 Å². The van der Waals surface area contributed by atoms with E-state index in [-0.39, 0.29) is 12.8 Å². The summed E-state index contributed by atoms with van der Waals surface area (Å²) in [7, 11) is 0. The van der Waals surface area contributed by atoms with E-state index in [4.69, 9.17) is 5.11 Å². The van der Waals surface area contributed by atoms with Crippen LogP contribution in [0.15, 0.2) is 0 Å². The first kappa shape index (κ1) is 24.3. The molecule has 2 N–H and O–H groups in total. The van der Waals surface area contributed by atoms with E-state index < -0.39 is 18.0 Å². The Bertz CT molecular complexity index is 329. The van der Waals surface area contributed by atoms with Gasteiger partial charge in [0.2, 0.25) is 0 Å². The van der Waals surface area contributed by atoms with Gasteiger partial charge in [-0.05, 0) is 31.6 Å². The van der Waals surface area contributed by atoms with Crippen molar-refractivity contribution >= 4 is 5.97 Å². The summed E-state index contributed by atoms with van der Waals surface area (Å²) < 4.78 is 26.9. The average Bonchev–Trinajstić information content (AvgIpc) is 3.08. The Kier molecular flexibility index (Phi) is 14.0. The minimum Gasteiger partial charge on any atom is -0.481 e. The molecule has 5 heteroatoms. The molecule has 0 radical (unpaired) electrons. The van der Waals surface area contributed by atoms with Crippen LogP contribution in [0.5, 0.6) is 0 Å². The van der Waals surface area contributed by atoms with Gasteiger partial charge in [0.05, 0.1) is 0 Å². The van der Waals surface area contributed by atoms with Crippen molar-refractivity contribution in [2.45, 2.75) is 116 Å². The average molecular weight is 365 g/mol. The molecule has 1 unspecified atom stereocenters. The lowest BCUT2D eigenvalue weighted by molar-refractivity contribution is -0.137. The summed E-state index contributed by atoms with van der Waals surface area (Å²) in [5.41, 5.74) is 0. The van der Waals surface area contributed by atoms with Crippen molar-refractivity contribution in [2.24, 2.45) is 5.92 Å². The fraction of sp³-hybridized carbons (Fsp3) is 0.950. The van der Waals surface area contributed by atoms with Crippen LogP contribution in [0.25, 0.3) is 0 Å². The van der Waals surface area contributed by atoms with E-state index in [0.29, 0.717) is 18.8 Å². The van der Waals surface area contributed by atoms with Crippen molar-refractivity contribution in [3.05, 3.63) is 0 Å². The molecule has 0 heterocycles. The highest BCUT2D eigenvalue weighted by Gasteiger charge is 2.37. The van der Waals surface area contributed by atoms with Gasteiger partial charge in [0, 0.05) is 12.8 Å². The minimum atomic E-state index is -2.88. The number of hydrogen-bond acceptors (Lipinski definition) is 2. The molecule has 1 rings (SSSR count). The second kappa shape index (κ2) is 14.5. The van der Waals surface area contributed by atoms with Crippen LogP contribution < -0.4 is 0 Å². The standard InChI is InChI=1S/C13H24F2O.C7H14O2/c1-2-3-10-13(14,15)12(16)9-8-11-6-4-5-7-11;1-2-3-4-5-6-7(8)9/h11-12,16H,2-10H2,1H3;2-6H2,1H3,(H,8,9). The Hall–Kier alpha value is -0.710. The summed E-state index contributed by atoms with van der Waals surface area (Å²) in [6.45, 7) is 4.00. The van der Waals surface area contributed by atoms with Gasteiger partial charge in [-0.3, -0.25) is 4.79 Å². The topological polar surface area (TPSA) is 57.5 Å². The van der Waals surface area contributed by atoms with E-state index in [0.717, 1.165) is 44.9 Å². The van der Waals surface area contributed by atoms with Crippen LogP contribution in [-0.2, 0) is 4.79 Å². The molecular weight excluding hydrogens is 326 g/mol. The molecule has 0 amide bonds. The molecule has 0 aliphatic heterocycles. The molecule has 0 aromatic heterocycles. The number of alkyl halides is 2. The Morgan fingerprint density at radius 3 is 2.20 bits per heavy atom. The van der Waals surface area contributed by atoms with Crippen LogP contribution >= 0.6 is 0 Å². The normalized spacial score (nSPS) is 16.4. The van der Waals surface area contributed by atoms with Gasteiger partial charge in [-0.2, -0.15) is 0 Å². The first-order valence-electron chi connectivity index (χ1n) is 10.1. The molecule has 3 nitrogen and oxygen atoms in total. The zero-order valence-corrected chi connectivity index (χ0v) is 16.1. The van der Waals surface area contributed by atoms with Crippen LogP contribution in [0.3, 0.4) is 0 Å². The maximum Gasteiger partial charge on any atom is 0.303 e. The van der Waals surface area contributed by atoms with Crippen LogP contribution in [0.2, 0.25) is 0 Å². The van der Waals surface area contributed by atoms with E-state index >= 15 is 0 Å². The Labute approximate surface area is 152 Å². The predicted molar refractivity (Wildman–Crippen MR) is 98.1 cm³/mol. The van der Waals surface area contributed by atoms with Crippen molar-refractivity contribution < 1.29 is 23.8 Å². The lowest BCUT2D eigenvalue weighted by Crippen LogP contribution is -2.33. The van der Waals surface area contributed by atoms with Crippen molar-refractivity contribution in [3.63, 3.8) is 0 Å². The van der Waals surface area contributed by atoms with Gasteiger partial charge in [0.1, 0.15) is 6.10 Å². The smallest absolute Gasteiger partial charge is 0.303 e. The number of hydrogen-bond donors (Lipinski definition) is 2. The molecule has 0 aromatic rings. The van der Waals surface area contributed by atoms with Gasteiger partial charge in [-0.1, -0.05) is 65.2 Å². The maximum atomic E-state index is 13.4. The molecule has 0 aromatic carbocycles. The van der Waals surface area contributed by atoms with Crippen LogP contribution in [0.4, 0.5) is 8.78 Å². The second-order valence-corrected chi connectivity index (χ2v) is 7.31. The third-order valence-corrected chi connectivity index (χ3v) is 4.92. The molecule has 1 atom stereocenters. The van der Waals surface area contributed by atoms with E-state index in [1.54, 1.807) is 0 Å². The summed E-state index contributed by atoms with van der Waals surface area (Å²) in [5.74, 6) is -2.98. The molecule has 1 aliphatic carbocycles. The Balaban J connectivity index is 0.000000547. The molecule has 0 saturated heterocycles. The van der Waals surface area contributed by atoms with Crippen LogP contribution in [-0.4, -0.2) is 28.2 Å². The third kappa shape index (κ3) is 13.2. The monoisotopic (exact) mass is 364 g/mol. The lowest BCUT2D eigenvalue weighted by Gasteiger charge is -2.23. The molecular formula is C20H38F2O3. The number of unbranched alkanes of at least 4 members (excludes halogenated alkanes) is 4. The number of carbonyl (C=O) groups is 1. The van der Waals surface area contributed by atoms with Gasteiger partial charge in [0.25, 0.3) is 5.92 Å². The van der Waals surface area contributed by atoms with Gasteiger partial charge in [-0.15, -0.1) is 0 Å². The Morgan fingerprint density at radius 2 is 1.68 bits per heavy atom. The van der Waals surface area contributed by atoms with E-state index in [1.807, 2.05) is 6.92 Å². The molecule has 1 fully saturated rings. The SMILES string of the molecule is CCCCC(F)(F)C(O)CCC1CCCC1.CCCCCCC(=O)O. The summed E-state index contributed by atoms with van der Waals surface area (Å²) in [6, 6.07) is 0. The highest BCUT2D eigenvalue weighted by Crippen LogP contribution is 2.33. The Morgan fingerprint density at radius 1 is 1.08 bits per heavy atom. The summed E-state index contributed by atoms with van der Waals surface area (Å²) in [6.07, 6.45) is 10.0. The van der Waals surface area contributed by atoms with E-state index in [1.165, 1.54) is 19.3 Å². The number of aliphatic hydroxyl groups excluding tert-OH is 1. The number of halogens is 2. The number of aliphatic hydroxyl groups is 1. The van der Waals surface area contributed by atoms with Gasteiger partial charge in [-0.25, -0.2) is 8.78 Å². The van der Waals surface area contributed by atoms with E-state index in [9.17, 15) is 18.7 Å². The largest absolute Gasteiger partial charge is 0.481 e. The molecule has 1 saturated carbocycles. The fourth-order valence-corrected chi connectivity index (χ4v) is 3.19. The van der Waals surface area contributed by atoms with Crippen LogP contribution in [0.1, 0.15) is 104 Å². The summed E-state index contributed by atoms with van der Waals surface area (Å²) >= 11 is 0. The van der Waals surface area contributed by atoms with Gasteiger partial charge < -0.3 is 10.2 Å². The zero-order valence-electron chi connectivity index (χ0n) is 16.1. The molecule has 25 heavy (non-hydrogen) atoms. The maximum absolute atomic E-state index is 13.4. The highest BCUT2D eigenvalue weighted by atomic mass is 19.3. The molecule has 150 valence electrons. The van der Waals surface area contributed by atoms with Gasteiger partial charge in [0.15, 0.2) is 0 Å². The first-order valence-corrected chi connectivity index (χ1v) is 10.1. The van der Waals surface area contributed by atoms with Crippen molar-refractivity contribution in [1.29, 1.82) is 0 Å². The van der Waals surface area contributed by atoms with Crippen molar-refractivity contribution in [3.8, 4) is 0 Å². The van der Waals surface area contributed by atoms with Crippen molar-refractivity contribution in [2.75, 3.05) is 0 Å². The quantitative estimate of drug-likeness (QED) is 0.406. The molecule has 1 aliphatic rings. The first-order chi connectivity index (χ1) is 11.8. The summed E-state index contributed by atoms with van der Waals surface area (Å²) in [5, 5.41) is 17.7. The predicted octanol–water partition coefficient (Wildman–Crippen LogP) is 6.18. The second-order valence-electron chi connectivity index (χ2n) is 7.31. The molecule has 0 bridgehead atoms. The van der Waals surface area contributed by atoms with Crippen molar-refractivity contribution in [1.82, 2.24) is 0 Å². The van der Waals surface area contributed by atoms with Crippen LogP contribution in [0, 0.1) is 5.92 Å². The lowest BCUT2D eigenvalue weighted by atomic mass is 9.95. The third-order valence-electron chi connectivity index (χ3n) is 4.92. The highest BCUT2D eigenvalue weighted by molar-refractivity contribution is 5.66. The fourth-order valence-electron chi connectivity index (χ4n) is 3.19. The van der Waals surface area contributed by atoms with Gasteiger partial charge >= 0.3 is 5.97 Å². The number of aliphatic carboxylic acids is 1. The summed E-state index contributed by atoms with van der Waals surface area (Å²) in [4.78, 5) is 9.96. The zero-order chi connectivity index (χ0) is 19.1. The molecule has 0 spiro atoms. The number of rotatable bonds is 12.